The van der Waals surface area contributed by atoms with Gasteiger partial charge in [-0.05, 0) is 25.5 Å². The molecule has 0 radical (unpaired) electrons. The third-order valence-electron chi connectivity index (χ3n) is 4.92. The molecule has 6 heteroatoms. The number of nitrogens with two attached hydrogens (primary N) is 1. The van der Waals surface area contributed by atoms with E-state index in [-0.39, 0.29) is 16.8 Å². The molecule has 2 N–H and O–H groups in total. The van der Waals surface area contributed by atoms with Gasteiger partial charge in [-0.25, -0.2) is 12.7 Å². The molecule has 142 valence electrons. The fourth-order valence-corrected chi connectivity index (χ4v) is 5.03. The standard InChI is InChI=1S/C20H29N3O2S/c1-3-4-5-6-7-8-9-18-14-17(15-21)20(22)23(18)26(24,25)19-12-10-16(2)11-13-19/h10-13,18H,3-9,14,22H2,1-2H3. The van der Waals surface area contributed by atoms with Gasteiger partial charge >= 0.3 is 0 Å². The van der Waals surface area contributed by atoms with Gasteiger partial charge in [0, 0.05) is 6.42 Å². The first-order chi connectivity index (χ1) is 12.4. The molecule has 1 atom stereocenters. The maximum absolute atomic E-state index is 13.1. The van der Waals surface area contributed by atoms with Crippen LogP contribution in [-0.2, 0) is 10.0 Å². The zero-order valence-electron chi connectivity index (χ0n) is 15.7. The summed E-state index contributed by atoms with van der Waals surface area (Å²) in [5.41, 5.74) is 7.42. The average molecular weight is 376 g/mol. The Morgan fingerprint density at radius 1 is 1.15 bits per heavy atom. The molecule has 0 fully saturated rings. The number of hydrogen-bond donors (Lipinski definition) is 1. The van der Waals surface area contributed by atoms with Crippen molar-refractivity contribution in [3.8, 4) is 6.07 Å². The van der Waals surface area contributed by atoms with Gasteiger partial charge in [0.25, 0.3) is 10.0 Å². The summed E-state index contributed by atoms with van der Waals surface area (Å²) in [6, 6.07) is 8.56. The lowest BCUT2D eigenvalue weighted by Gasteiger charge is -2.27. The highest BCUT2D eigenvalue weighted by molar-refractivity contribution is 7.89. The molecular formula is C20H29N3O2S. The van der Waals surface area contributed by atoms with Crippen molar-refractivity contribution in [2.75, 3.05) is 0 Å². The molecular weight excluding hydrogens is 346 g/mol. The lowest BCUT2D eigenvalue weighted by molar-refractivity contribution is 0.369. The largest absolute Gasteiger partial charge is 0.384 e. The molecule has 0 saturated carbocycles. The Kier molecular flexibility index (Phi) is 7.10. The fraction of sp³-hybridized carbons (Fsp3) is 0.550. The average Bonchev–Trinajstić information content (AvgIpc) is 2.94. The Balaban J connectivity index is 2.14. The highest BCUT2D eigenvalue weighted by Crippen LogP contribution is 2.34. The van der Waals surface area contributed by atoms with Gasteiger partial charge in [-0.15, -0.1) is 0 Å². The number of nitrogens with zero attached hydrogens (tertiary/aromatic N) is 2. The monoisotopic (exact) mass is 375 g/mol. The molecule has 1 aromatic rings. The van der Waals surface area contributed by atoms with Gasteiger partial charge in [-0.2, -0.15) is 5.26 Å². The van der Waals surface area contributed by atoms with E-state index >= 15 is 0 Å². The molecule has 2 rings (SSSR count). The molecule has 0 aliphatic carbocycles. The zero-order chi connectivity index (χ0) is 19.2. The molecule has 1 aliphatic heterocycles. The van der Waals surface area contributed by atoms with E-state index in [1.54, 1.807) is 24.3 Å². The number of hydrogen-bond acceptors (Lipinski definition) is 4. The van der Waals surface area contributed by atoms with Crippen LogP contribution >= 0.6 is 0 Å². The Hall–Kier alpha value is -2.00. The van der Waals surface area contributed by atoms with E-state index in [9.17, 15) is 13.7 Å². The van der Waals surface area contributed by atoms with E-state index in [0.717, 1.165) is 24.8 Å². The van der Waals surface area contributed by atoms with Gasteiger partial charge in [0.2, 0.25) is 0 Å². The van der Waals surface area contributed by atoms with Crippen molar-refractivity contribution in [3.63, 3.8) is 0 Å². The molecule has 0 bridgehead atoms. The van der Waals surface area contributed by atoms with Crippen LogP contribution in [0.15, 0.2) is 40.6 Å². The highest BCUT2D eigenvalue weighted by atomic mass is 32.2. The predicted molar refractivity (Wildman–Crippen MR) is 103 cm³/mol. The van der Waals surface area contributed by atoms with Crippen LogP contribution in [0, 0.1) is 18.3 Å². The number of aryl methyl sites for hydroxylation is 1. The van der Waals surface area contributed by atoms with Crippen LogP contribution in [0.1, 0.15) is 63.9 Å². The van der Waals surface area contributed by atoms with Gasteiger partial charge in [0.05, 0.1) is 22.6 Å². The minimum Gasteiger partial charge on any atom is -0.384 e. The maximum Gasteiger partial charge on any atom is 0.265 e. The van der Waals surface area contributed by atoms with Crippen LogP contribution < -0.4 is 5.73 Å². The minimum absolute atomic E-state index is 0.0871. The number of nitriles is 1. The first-order valence-electron chi connectivity index (χ1n) is 9.41. The molecule has 0 saturated heterocycles. The maximum atomic E-state index is 13.1. The van der Waals surface area contributed by atoms with Gasteiger partial charge in [0.15, 0.2) is 0 Å². The van der Waals surface area contributed by atoms with Crippen molar-refractivity contribution in [3.05, 3.63) is 41.2 Å². The lowest BCUT2D eigenvalue weighted by atomic mass is 10.0. The Bertz CT molecular complexity index is 776. The van der Waals surface area contributed by atoms with Gasteiger partial charge in [-0.1, -0.05) is 63.1 Å². The summed E-state index contributed by atoms with van der Waals surface area (Å²) in [7, 11) is -3.75. The van der Waals surface area contributed by atoms with Crippen molar-refractivity contribution in [2.45, 2.75) is 76.2 Å². The zero-order valence-corrected chi connectivity index (χ0v) is 16.6. The lowest BCUT2D eigenvalue weighted by Crippen LogP contribution is -2.38. The summed E-state index contributed by atoms with van der Waals surface area (Å²) in [6.07, 6.45) is 7.99. The molecule has 26 heavy (non-hydrogen) atoms. The van der Waals surface area contributed by atoms with Gasteiger partial charge in [-0.3, -0.25) is 0 Å². The van der Waals surface area contributed by atoms with E-state index < -0.39 is 10.0 Å². The molecule has 1 unspecified atom stereocenters. The second-order valence-corrected chi connectivity index (χ2v) is 8.82. The summed E-state index contributed by atoms with van der Waals surface area (Å²) in [6.45, 7) is 4.10. The van der Waals surface area contributed by atoms with Crippen molar-refractivity contribution < 1.29 is 8.42 Å². The molecule has 1 heterocycles. The molecule has 1 aromatic carbocycles. The Labute approximate surface area is 157 Å². The van der Waals surface area contributed by atoms with Crippen LogP contribution in [0.5, 0.6) is 0 Å². The topological polar surface area (TPSA) is 87.2 Å². The van der Waals surface area contributed by atoms with E-state index in [0.29, 0.717) is 12.0 Å². The summed E-state index contributed by atoms with van der Waals surface area (Å²) in [5, 5.41) is 9.30. The van der Waals surface area contributed by atoms with Gasteiger partial charge in [0.1, 0.15) is 5.82 Å². The quantitative estimate of drug-likeness (QED) is 0.655. The highest BCUT2D eigenvalue weighted by Gasteiger charge is 2.39. The Morgan fingerprint density at radius 3 is 2.38 bits per heavy atom. The summed E-state index contributed by atoms with van der Waals surface area (Å²) < 4.78 is 27.5. The van der Waals surface area contributed by atoms with Crippen LogP contribution in [-0.4, -0.2) is 18.8 Å². The first kappa shape index (κ1) is 20.3. The molecule has 0 amide bonds. The van der Waals surface area contributed by atoms with E-state index in [1.807, 2.05) is 6.92 Å². The smallest absolute Gasteiger partial charge is 0.265 e. The van der Waals surface area contributed by atoms with E-state index in [2.05, 4.69) is 13.0 Å². The summed E-state index contributed by atoms with van der Waals surface area (Å²) >= 11 is 0. The third-order valence-corrected chi connectivity index (χ3v) is 6.80. The SMILES string of the molecule is CCCCCCCCC1CC(C#N)=C(N)N1S(=O)(=O)c1ccc(C)cc1. The molecule has 5 nitrogen and oxygen atoms in total. The van der Waals surface area contributed by atoms with Gasteiger partial charge < -0.3 is 5.73 Å². The second kappa shape index (κ2) is 9.09. The van der Waals surface area contributed by atoms with Crippen LogP contribution in [0.3, 0.4) is 0 Å². The van der Waals surface area contributed by atoms with Crippen molar-refractivity contribution in [1.82, 2.24) is 4.31 Å². The molecule has 0 aromatic heterocycles. The number of sulfonamides is 1. The third kappa shape index (κ3) is 4.59. The summed E-state index contributed by atoms with van der Waals surface area (Å²) in [4.78, 5) is 0.221. The number of rotatable bonds is 9. The molecule has 1 aliphatic rings. The van der Waals surface area contributed by atoms with E-state index in [4.69, 9.17) is 5.73 Å². The van der Waals surface area contributed by atoms with Crippen molar-refractivity contribution >= 4 is 10.0 Å². The molecule has 0 spiro atoms. The predicted octanol–water partition coefficient (Wildman–Crippen LogP) is 4.20. The van der Waals surface area contributed by atoms with E-state index in [1.165, 1.54) is 30.0 Å². The minimum atomic E-state index is -3.75. The second-order valence-electron chi connectivity index (χ2n) is 7.00. The van der Waals surface area contributed by atoms with Crippen molar-refractivity contribution in [1.29, 1.82) is 5.26 Å². The number of unbranched alkanes of at least 4 members (excludes halogenated alkanes) is 5. The fourth-order valence-electron chi connectivity index (χ4n) is 3.38. The Morgan fingerprint density at radius 2 is 1.77 bits per heavy atom. The van der Waals surface area contributed by atoms with Crippen molar-refractivity contribution in [2.24, 2.45) is 5.73 Å². The summed E-state index contributed by atoms with van der Waals surface area (Å²) in [5.74, 6) is 0.0871. The number of benzene rings is 1. The van der Waals surface area contributed by atoms with Crippen LogP contribution in [0.4, 0.5) is 0 Å². The first-order valence-corrected chi connectivity index (χ1v) is 10.9. The normalized spacial score (nSPS) is 17.6. The van der Waals surface area contributed by atoms with Crippen LogP contribution in [0.2, 0.25) is 0 Å². The van der Waals surface area contributed by atoms with Crippen LogP contribution in [0.25, 0.3) is 0 Å².